The average molecular weight is 217 g/mol. The Balaban J connectivity index is 4.16. The molecule has 0 aromatic carbocycles. The molecule has 0 aliphatic heterocycles. The van der Waals surface area contributed by atoms with E-state index in [1.165, 1.54) is 0 Å². The van der Waals surface area contributed by atoms with Gasteiger partial charge in [-0.2, -0.15) is 0 Å². The summed E-state index contributed by atoms with van der Waals surface area (Å²) in [5, 5.41) is 11.2. The van der Waals surface area contributed by atoms with E-state index in [2.05, 4.69) is 5.32 Å². The van der Waals surface area contributed by atoms with Crippen LogP contribution in [0.15, 0.2) is 0 Å². The third-order valence-corrected chi connectivity index (χ3v) is 2.19. The molecule has 0 aromatic rings. The summed E-state index contributed by atoms with van der Waals surface area (Å²) < 4.78 is 4.75. The maximum atomic E-state index is 11.1. The molecule has 2 unspecified atom stereocenters. The van der Waals surface area contributed by atoms with Crippen LogP contribution in [0.1, 0.15) is 33.6 Å². The summed E-state index contributed by atoms with van der Waals surface area (Å²) in [6, 6.07) is -0.876. The Morgan fingerprint density at radius 2 is 2.00 bits per heavy atom. The predicted molar refractivity (Wildman–Crippen MR) is 55.7 cm³/mol. The Labute approximate surface area is 89.8 Å². The quantitative estimate of drug-likeness (QED) is 0.709. The Bertz CT molecular complexity index is 217. The summed E-state index contributed by atoms with van der Waals surface area (Å²) in [6.45, 7) is 5.83. The summed E-state index contributed by atoms with van der Waals surface area (Å²) in [7, 11) is 0. The normalized spacial score (nSPS) is 14.1. The lowest BCUT2D eigenvalue weighted by Crippen LogP contribution is -2.45. The van der Waals surface area contributed by atoms with Crippen LogP contribution >= 0.6 is 0 Å². The highest BCUT2D eigenvalue weighted by molar-refractivity contribution is 5.80. The summed E-state index contributed by atoms with van der Waals surface area (Å²) in [4.78, 5) is 22.0. The van der Waals surface area contributed by atoms with Crippen molar-refractivity contribution in [2.24, 2.45) is 5.92 Å². The first-order valence-corrected chi connectivity index (χ1v) is 5.19. The lowest BCUT2D eigenvalue weighted by molar-refractivity contribution is -0.140. The van der Waals surface area contributed by atoms with E-state index in [0.29, 0.717) is 19.4 Å². The van der Waals surface area contributed by atoms with E-state index in [0.717, 1.165) is 0 Å². The first kappa shape index (κ1) is 13.7. The number of carboxylic acids is 1. The second-order valence-electron chi connectivity index (χ2n) is 3.48. The molecule has 0 rings (SSSR count). The van der Waals surface area contributed by atoms with E-state index < -0.39 is 18.1 Å². The van der Waals surface area contributed by atoms with Gasteiger partial charge >= 0.3 is 12.1 Å². The number of hydrogen-bond donors (Lipinski definition) is 2. The highest BCUT2D eigenvalue weighted by Crippen LogP contribution is 2.07. The van der Waals surface area contributed by atoms with Gasteiger partial charge in [-0.15, -0.1) is 0 Å². The van der Waals surface area contributed by atoms with Crippen LogP contribution in [0.2, 0.25) is 0 Å². The number of hydrogen-bond acceptors (Lipinski definition) is 3. The SMILES string of the molecule is CCCOC(=O)NC(C(=O)O)C(C)CC. The number of nitrogens with one attached hydrogen (secondary N) is 1. The molecule has 0 heterocycles. The van der Waals surface area contributed by atoms with Gasteiger partial charge in [0.15, 0.2) is 0 Å². The molecule has 2 atom stereocenters. The molecular formula is C10H19NO4. The molecule has 5 nitrogen and oxygen atoms in total. The second-order valence-corrected chi connectivity index (χ2v) is 3.48. The first-order chi connectivity index (χ1) is 7.02. The number of carboxylic acid groups (broad SMARTS) is 1. The molecule has 15 heavy (non-hydrogen) atoms. The minimum atomic E-state index is -1.03. The standard InChI is InChI=1S/C10H19NO4/c1-4-6-15-10(14)11-8(9(12)13)7(3)5-2/h7-8H,4-6H2,1-3H3,(H,11,14)(H,12,13). The number of alkyl carbamates (subject to hydrolysis) is 1. The Morgan fingerprint density at radius 1 is 1.40 bits per heavy atom. The van der Waals surface area contributed by atoms with E-state index in [1.807, 2.05) is 13.8 Å². The van der Waals surface area contributed by atoms with Gasteiger partial charge in [0.05, 0.1) is 6.61 Å². The highest BCUT2D eigenvalue weighted by atomic mass is 16.5. The smallest absolute Gasteiger partial charge is 0.407 e. The number of aliphatic carboxylic acids is 1. The van der Waals surface area contributed by atoms with Crippen molar-refractivity contribution < 1.29 is 19.4 Å². The summed E-state index contributed by atoms with van der Waals surface area (Å²) >= 11 is 0. The molecule has 1 amide bonds. The number of rotatable bonds is 6. The number of carbonyl (C=O) groups excluding carboxylic acids is 1. The number of amides is 1. The lowest BCUT2D eigenvalue weighted by atomic mass is 10.00. The van der Waals surface area contributed by atoms with Gasteiger partial charge in [-0.1, -0.05) is 27.2 Å². The molecule has 0 saturated carbocycles. The molecule has 0 bridgehead atoms. The predicted octanol–water partition coefficient (Wildman–Crippen LogP) is 1.62. The number of carbonyl (C=O) groups is 2. The minimum Gasteiger partial charge on any atom is -0.480 e. The van der Waals surface area contributed by atoms with Crippen LogP contribution in [-0.2, 0) is 9.53 Å². The Kier molecular flexibility index (Phi) is 6.49. The van der Waals surface area contributed by atoms with Gasteiger partial charge in [0.1, 0.15) is 6.04 Å². The average Bonchev–Trinajstić information content (AvgIpc) is 2.21. The zero-order valence-electron chi connectivity index (χ0n) is 9.45. The summed E-state index contributed by atoms with van der Waals surface area (Å²) in [5.74, 6) is -1.14. The zero-order valence-corrected chi connectivity index (χ0v) is 9.45. The van der Waals surface area contributed by atoms with Crippen molar-refractivity contribution in [1.82, 2.24) is 5.32 Å². The zero-order chi connectivity index (χ0) is 11.8. The van der Waals surface area contributed by atoms with Gasteiger partial charge in [-0.05, 0) is 12.3 Å². The maximum Gasteiger partial charge on any atom is 0.407 e. The fourth-order valence-corrected chi connectivity index (χ4v) is 1.05. The van der Waals surface area contributed by atoms with Gasteiger partial charge < -0.3 is 15.2 Å². The maximum absolute atomic E-state index is 11.1. The third-order valence-electron chi connectivity index (χ3n) is 2.19. The van der Waals surface area contributed by atoms with E-state index in [-0.39, 0.29) is 5.92 Å². The van der Waals surface area contributed by atoms with Crippen LogP contribution in [0, 0.1) is 5.92 Å². The first-order valence-electron chi connectivity index (χ1n) is 5.19. The molecule has 0 aliphatic carbocycles. The van der Waals surface area contributed by atoms with Crippen LogP contribution in [0.25, 0.3) is 0 Å². The van der Waals surface area contributed by atoms with Gasteiger partial charge in [0.25, 0.3) is 0 Å². The Morgan fingerprint density at radius 3 is 2.40 bits per heavy atom. The van der Waals surface area contributed by atoms with Crippen molar-refractivity contribution in [3.8, 4) is 0 Å². The van der Waals surface area contributed by atoms with E-state index in [1.54, 1.807) is 6.92 Å². The van der Waals surface area contributed by atoms with Crippen molar-refractivity contribution >= 4 is 12.1 Å². The van der Waals surface area contributed by atoms with Crippen molar-refractivity contribution in [2.45, 2.75) is 39.7 Å². The molecule has 0 spiro atoms. The topological polar surface area (TPSA) is 75.6 Å². The fraction of sp³-hybridized carbons (Fsp3) is 0.800. The van der Waals surface area contributed by atoms with Crippen molar-refractivity contribution in [3.05, 3.63) is 0 Å². The van der Waals surface area contributed by atoms with Crippen LogP contribution in [0.3, 0.4) is 0 Å². The molecule has 0 saturated heterocycles. The largest absolute Gasteiger partial charge is 0.480 e. The highest BCUT2D eigenvalue weighted by Gasteiger charge is 2.25. The molecule has 88 valence electrons. The van der Waals surface area contributed by atoms with Crippen LogP contribution in [0.5, 0.6) is 0 Å². The van der Waals surface area contributed by atoms with Crippen LogP contribution < -0.4 is 5.32 Å². The second kappa shape index (κ2) is 7.09. The summed E-state index contributed by atoms with van der Waals surface area (Å²) in [5.41, 5.74) is 0. The van der Waals surface area contributed by atoms with Gasteiger partial charge in [0, 0.05) is 0 Å². The molecule has 5 heteroatoms. The summed E-state index contributed by atoms with van der Waals surface area (Å²) in [6.07, 6.45) is 0.740. The van der Waals surface area contributed by atoms with Gasteiger partial charge in [-0.3, -0.25) is 0 Å². The molecule has 0 radical (unpaired) electrons. The molecule has 0 aromatic heterocycles. The molecule has 2 N–H and O–H groups in total. The van der Waals surface area contributed by atoms with Gasteiger partial charge in [-0.25, -0.2) is 9.59 Å². The van der Waals surface area contributed by atoms with Gasteiger partial charge in [0.2, 0.25) is 0 Å². The monoisotopic (exact) mass is 217 g/mol. The third kappa shape index (κ3) is 5.24. The van der Waals surface area contributed by atoms with Crippen molar-refractivity contribution in [1.29, 1.82) is 0 Å². The molecule has 0 aliphatic rings. The minimum absolute atomic E-state index is 0.114. The van der Waals surface area contributed by atoms with Crippen LogP contribution in [-0.4, -0.2) is 29.8 Å². The molecular weight excluding hydrogens is 198 g/mol. The molecule has 0 fully saturated rings. The Hall–Kier alpha value is -1.26. The lowest BCUT2D eigenvalue weighted by Gasteiger charge is -2.19. The van der Waals surface area contributed by atoms with Crippen molar-refractivity contribution in [3.63, 3.8) is 0 Å². The van der Waals surface area contributed by atoms with Crippen LogP contribution in [0.4, 0.5) is 4.79 Å². The van der Waals surface area contributed by atoms with E-state index >= 15 is 0 Å². The number of ether oxygens (including phenoxy) is 1. The van der Waals surface area contributed by atoms with E-state index in [4.69, 9.17) is 9.84 Å². The fourth-order valence-electron chi connectivity index (χ4n) is 1.05. The van der Waals surface area contributed by atoms with E-state index in [9.17, 15) is 9.59 Å². The van der Waals surface area contributed by atoms with Crippen molar-refractivity contribution in [2.75, 3.05) is 6.61 Å².